The first-order valence-electron chi connectivity index (χ1n) is 10.8. The van der Waals surface area contributed by atoms with Gasteiger partial charge in [0.25, 0.3) is 5.91 Å². The van der Waals surface area contributed by atoms with E-state index in [9.17, 15) is 9.59 Å². The van der Waals surface area contributed by atoms with Crippen molar-refractivity contribution in [3.05, 3.63) is 52.5 Å². The molecule has 3 rings (SSSR count). The van der Waals surface area contributed by atoms with E-state index in [4.69, 9.17) is 27.9 Å². The summed E-state index contributed by atoms with van der Waals surface area (Å²) in [6.45, 7) is 8.83. The van der Waals surface area contributed by atoms with E-state index in [1.54, 1.807) is 25.1 Å². The van der Waals surface area contributed by atoms with Gasteiger partial charge in [-0.15, -0.1) is 0 Å². The highest BCUT2D eigenvalue weighted by Gasteiger charge is 2.22. The Morgan fingerprint density at radius 1 is 1.00 bits per heavy atom. The van der Waals surface area contributed by atoms with Crippen molar-refractivity contribution in [1.29, 1.82) is 0 Å². The number of nitrogens with one attached hydrogen (secondary N) is 1. The molecule has 0 radical (unpaired) electrons. The van der Waals surface area contributed by atoms with E-state index in [0.29, 0.717) is 33.8 Å². The molecule has 0 aromatic heterocycles. The minimum absolute atomic E-state index is 0.230. The maximum Gasteiger partial charge on any atom is 0.265 e. The van der Waals surface area contributed by atoms with Crippen molar-refractivity contribution in [3.63, 3.8) is 0 Å². The van der Waals surface area contributed by atoms with Crippen molar-refractivity contribution in [2.75, 3.05) is 36.4 Å². The summed E-state index contributed by atoms with van der Waals surface area (Å²) in [5, 5.41) is 3.72. The highest BCUT2D eigenvalue weighted by Crippen LogP contribution is 2.28. The quantitative estimate of drug-likeness (QED) is 0.602. The summed E-state index contributed by atoms with van der Waals surface area (Å²) in [5.41, 5.74) is 1.75. The predicted octanol–water partition coefficient (Wildman–Crippen LogP) is 5.09. The number of nitrogens with zero attached hydrogens (tertiary/aromatic N) is 2. The molecule has 1 aliphatic heterocycles. The van der Waals surface area contributed by atoms with Gasteiger partial charge in [-0.05, 0) is 55.3 Å². The summed E-state index contributed by atoms with van der Waals surface area (Å²) in [4.78, 5) is 28.9. The average molecular weight is 478 g/mol. The van der Waals surface area contributed by atoms with Gasteiger partial charge in [0.05, 0.1) is 5.02 Å². The molecular weight excluding hydrogens is 449 g/mol. The van der Waals surface area contributed by atoms with Crippen LogP contribution in [0.25, 0.3) is 0 Å². The Morgan fingerprint density at radius 3 is 2.25 bits per heavy atom. The Hall–Kier alpha value is -2.44. The maximum absolute atomic E-state index is 12.5. The molecule has 0 bridgehead atoms. The lowest BCUT2D eigenvalue weighted by molar-refractivity contribution is -0.132. The summed E-state index contributed by atoms with van der Waals surface area (Å²) < 4.78 is 5.66. The molecule has 8 heteroatoms. The lowest BCUT2D eigenvalue weighted by atomic mass is 10.1. The van der Waals surface area contributed by atoms with Crippen LogP contribution in [0.5, 0.6) is 5.75 Å². The van der Waals surface area contributed by atoms with E-state index in [-0.39, 0.29) is 11.8 Å². The van der Waals surface area contributed by atoms with E-state index in [2.05, 4.69) is 24.1 Å². The highest BCUT2D eigenvalue weighted by atomic mass is 35.5. The molecule has 1 fully saturated rings. The van der Waals surface area contributed by atoms with E-state index >= 15 is 0 Å². The van der Waals surface area contributed by atoms with Gasteiger partial charge in [-0.1, -0.05) is 37.0 Å². The van der Waals surface area contributed by atoms with Gasteiger partial charge in [-0.2, -0.15) is 0 Å². The summed E-state index contributed by atoms with van der Waals surface area (Å²) in [7, 11) is 0. The van der Waals surface area contributed by atoms with Crippen LogP contribution in [0.3, 0.4) is 0 Å². The van der Waals surface area contributed by atoms with Gasteiger partial charge in [-0.25, -0.2) is 0 Å². The first-order valence-corrected chi connectivity index (χ1v) is 11.5. The highest BCUT2D eigenvalue weighted by molar-refractivity contribution is 6.35. The Morgan fingerprint density at radius 2 is 1.66 bits per heavy atom. The van der Waals surface area contributed by atoms with Crippen LogP contribution in [0.1, 0.15) is 27.2 Å². The van der Waals surface area contributed by atoms with Crippen LogP contribution in [-0.2, 0) is 9.59 Å². The molecule has 1 N–H and O–H groups in total. The zero-order chi connectivity index (χ0) is 23.3. The lowest BCUT2D eigenvalue weighted by Crippen LogP contribution is -2.49. The van der Waals surface area contributed by atoms with Crippen molar-refractivity contribution in [3.8, 4) is 5.75 Å². The number of rotatable bonds is 7. The molecule has 0 spiro atoms. The van der Waals surface area contributed by atoms with Crippen LogP contribution >= 0.6 is 23.2 Å². The summed E-state index contributed by atoms with van der Waals surface area (Å²) in [6.07, 6.45) is -0.134. The number of carbonyl (C=O) groups is 2. The number of carbonyl (C=O) groups excluding carboxylic acids is 2. The molecule has 0 saturated carbocycles. The second-order valence-corrected chi connectivity index (χ2v) is 9.18. The third-order valence-corrected chi connectivity index (χ3v) is 5.81. The molecule has 172 valence electrons. The topological polar surface area (TPSA) is 61.9 Å². The molecule has 2 aromatic rings. The number of piperazine rings is 1. The molecule has 1 aliphatic rings. The van der Waals surface area contributed by atoms with Crippen LogP contribution < -0.4 is 15.0 Å². The Bertz CT molecular complexity index is 942. The fourth-order valence-electron chi connectivity index (χ4n) is 3.51. The monoisotopic (exact) mass is 477 g/mol. The predicted molar refractivity (Wildman–Crippen MR) is 130 cm³/mol. The zero-order valence-electron chi connectivity index (χ0n) is 18.6. The van der Waals surface area contributed by atoms with Gasteiger partial charge in [0.2, 0.25) is 5.91 Å². The third-order valence-electron chi connectivity index (χ3n) is 5.28. The van der Waals surface area contributed by atoms with Gasteiger partial charge in [0.1, 0.15) is 5.75 Å². The van der Waals surface area contributed by atoms with Gasteiger partial charge in [0.15, 0.2) is 6.10 Å². The van der Waals surface area contributed by atoms with E-state index in [1.165, 1.54) is 0 Å². The molecule has 32 heavy (non-hydrogen) atoms. The van der Waals surface area contributed by atoms with Gasteiger partial charge >= 0.3 is 0 Å². The summed E-state index contributed by atoms with van der Waals surface area (Å²) >= 11 is 12.0. The van der Waals surface area contributed by atoms with E-state index < -0.39 is 6.10 Å². The number of hydrogen-bond donors (Lipinski definition) is 1. The lowest BCUT2D eigenvalue weighted by Gasteiger charge is -2.36. The summed E-state index contributed by atoms with van der Waals surface area (Å²) in [5.74, 6) is 0.731. The molecule has 0 aliphatic carbocycles. The molecule has 2 aromatic carbocycles. The minimum atomic E-state index is -0.732. The standard InChI is InChI=1S/C24H29Cl2N3O3/c1-16(2)14-23(30)29-12-10-28(11-13-29)20-7-5-19(6-8-20)27-24(31)17(3)32-22-9-4-18(25)15-21(22)26/h4-9,15-17H,10-14H2,1-3H3,(H,27,31)/t17-/m0/s1. The van der Waals surface area contributed by atoms with E-state index in [1.807, 2.05) is 29.2 Å². The van der Waals surface area contributed by atoms with Crippen molar-refractivity contribution < 1.29 is 14.3 Å². The normalized spacial score (nSPS) is 14.9. The maximum atomic E-state index is 12.5. The van der Waals surface area contributed by atoms with Crippen molar-refractivity contribution in [2.45, 2.75) is 33.3 Å². The second-order valence-electron chi connectivity index (χ2n) is 8.34. The molecule has 1 atom stereocenters. The van der Waals surface area contributed by atoms with Crippen LogP contribution in [0.15, 0.2) is 42.5 Å². The van der Waals surface area contributed by atoms with Crippen LogP contribution in [0.4, 0.5) is 11.4 Å². The number of halogens is 2. The number of hydrogen-bond acceptors (Lipinski definition) is 4. The average Bonchev–Trinajstić information content (AvgIpc) is 2.76. The smallest absolute Gasteiger partial charge is 0.265 e. The van der Waals surface area contributed by atoms with E-state index in [0.717, 1.165) is 31.9 Å². The van der Waals surface area contributed by atoms with Gasteiger partial charge in [-0.3, -0.25) is 9.59 Å². The molecular formula is C24H29Cl2N3O3. The Balaban J connectivity index is 1.51. The Labute approximate surface area is 199 Å². The molecule has 2 amide bonds. The van der Waals surface area contributed by atoms with Crippen molar-refractivity contribution >= 4 is 46.4 Å². The van der Waals surface area contributed by atoms with Crippen LogP contribution in [0, 0.1) is 5.92 Å². The number of benzene rings is 2. The van der Waals surface area contributed by atoms with Crippen molar-refractivity contribution in [2.24, 2.45) is 5.92 Å². The zero-order valence-corrected chi connectivity index (χ0v) is 20.1. The van der Waals surface area contributed by atoms with Crippen molar-refractivity contribution in [1.82, 2.24) is 4.90 Å². The largest absolute Gasteiger partial charge is 0.479 e. The second kappa shape index (κ2) is 10.9. The molecule has 1 saturated heterocycles. The third kappa shape index (κ3) is 6.53. The summed E-state index contributed by atoms with van der Waals surface area (Å²) in [6, 6.07) is 12.6. The fourth-order valence-corrected chi connectivity index (χ4v) is 3.96. The van der Waals surface area contributed by atoms with Crippen LogP contribution in [-0.4, -0.2) is 49.0 Å². The van der Waals surface area contributed by atoms with Gasteiger partial charge < -0.3 is 19.9 Å². The SMILES string of the molecule is CC(C)CC(=O)N1CCN(c2ccc(NC(=O)[C@H](C)Oc3ccc(Cl)cc3Cl)cc2)CC1. The molecule has 6 nitrogen and oxygen atoms in total. The number of amides is 2. The first kappa shape index (κ1) is 24.2. The van der Waals surface area contributed by atoms with Gasteiger partial charge in [0, 0.05) is 49.0 Å². The Kier molecular flexibility index (Phi) is 8.26. The minimum Gasteiger partial charge on any atom is -0.479 e. The number of ether oxygens (including phenoxy) is 1. The first-order chi connectivity index (χ1) is 15.2. The fraction of sp³-hybridized carbons (Fsp3) is 0.417. The number of anilines is 2. The molecule has 0 unspecified atom stereocenters. The molecule has 1 heterocycles. The van der Waals surface area contributed by atoms with Crippen LogP contribution in [0.2, 0.25) is 10.0 Å².